The Morgan fingerprint density at radius 1 is 1.22 bits per heavy atom. The number of anilines is 1. The van der Waals surface area contributed by atoms with Gasteiger partial charge in [-0.25, -0.2) is 0 Å². The molecule has 0 radical (unpaired) electrons. The third-order valence-corrected chi connectivity index (χ3v) is 4.02. The highest BCUT2D eigenvalue weighted by Crippen LogP contribution is 2.30. The van der Waals surface area contributed by atoms with Crippen LogP contribution in [0.15, 0.2) is 18.5 Å². The summed E-state index contributed by atoms with van der Waals surface area (Å²) in [5.74, 6) is 0.997. The van der Waals surface area contributed by atoms with Gasteiger partial charge in [-0.1, -0.05) is 0 Å². The van der Waals surface area contributed by atoms with E-state index in [1.54, 1.807) is 0 Å². The van der Waals surface area contributed by atoms with E-state index in [-0.39, 0.29) is 0 Å². The fraction of sp³-hybridized carbons (Fsp3) is 0.643. The van der Waals surface area contributed by atoms with Crippen LogP contribution in [0.2, 0.25) is 0 Å². The van der Waals surface area contributed by atoms with Crippen LogP contribution in [0, 0.1) is 5.92 Å². The molecule has 1 aliphatic carbocycles. The van der Waals surface area contributed by atoms with Gasteiger partial charge in [0, 0.05) is 62.9 Å². The molecular weight excluding hydrogens is 224 g/mol. The van der Waals surface area contributed by atoms with E-state index in [9.17, 15) is 0 Å². The summed E-state index contributed by atoms with van der Waals surface area (Å²) in [7, 11) is 0. The summed E-state index contributed by atoms with van der Waals surface area (Å²) in [6.07, 6.45) is 6.65. The lowest BCUT2D eigenvalue weighted by Gasteiger charge is -2.36. The van der Waals surface area contributed by atoms with Crippen molar-refractivity contribution in [2.45, 2.75) is 19.4 Å². The van der Waals surface area contributed by atoms with Gasteiger partial charge in [0.15, 0.2) is 0 Å². The van der Waals surface area contributed by atoms with Gasteiger partial charge in [-0.05, 0) is 24.8 Å². The molecular formula is C14H22N4. The Bertz CT molecular complexity index is 395. The molecule has 0 amide bonds. The molecule has 0 spiro atoms. The molecule has 98 valence electrons. The summed E-state index contributed by atoms with van der Waals surface area (Å²) < 4.78 is 0. The number of pyridine rings is 1. The number of nitrogens with two attached hydrogens (primary N) is 1. The van der Waals surface area contributed by atoms with Gasteiger partial charge in [0.05, 0.1) is 0 Å². The number of rotatable bonds is 4. The average molecular weight is 246 g/mol. The van der Waals surface area contributed by atoms with E-state index >= 15 is 0 Å². The smallest absolute Gasteiger partial charge is 0.0443 e. The molecule has 1 aliphatic heterocycles. The topological polar surface area (TPSA) is 45.4 Å². The molecule has 1 saturated heterocycles. The zero-order valence-electron chi connectivity index (χ0n) is 10.9. The lowest BCUT2D eigenvalue weighted by atomic mass is 10.2. The lowest BCUT2D eigenvalue weighted by molar-refractivity contribution is 0.248. The largest absolute Gasteiger partial charge is 0.369 e. The van der Waals surface area contributed by atoms with Gasteiger partial charge in [0.1, 0.15) is 0 Å². The molecule has 0 unspecified atom stereocenters. The maximum atomic E-state index is 5.78. The molecule has 0 aromatic carbocycles. The van der Waals surface area contributed by atoms with Crippen LogP contribution in [0.3, 0.4) is 0 Å². The second-order valence-corrected chi connectivity index (χ2v) is 5.44. The van der Waals surface area contributed by atoms with Crippen LogP contribution in [-0.4, -0.2) is 42.6 Å². The maximum Gasteiger partial charge on any atom is 0.0443 e. The first-order valence-corrected chi connectivity index (χ1v) is 6.97. The Kier molecular flexibility index (Phi) is 3.48. The van der Waals surface area contributed by atoms with E-state index in [1.165, 1.54) is 38.2 Å². The minimum Gasteiger partial charge on any atom is -0.369 e. The van der Waals surface area contributed by atoms with Crippen molar-refractivity contribution in [2.75, 3.05) is 37.6 Å². The molecule has 2 N–H and O–H groups in total. The number of piperazine rings is 1. The number of hydrogen-bond acceptors (Lipinski definition) is 4. The van der Waals surface area contributed by atoms with Gasteiger partial charge in [-0.15, -0.1) is 0 Å². The number of hydrogen-bond donors (Lipinski definition) is 1. The van der Waals surface area contributed by atoms with Crippen molar-refractivity contribution in [3.8, 4) is 0 Å². The van der Waals surface area contributed by atoms with E-state index in [0.717, 1.165) is 24.6 Å². The first-order chi connectivity index (χ1) is 8.86. The minimum absolute atomic E-state index is 0.575. The van der Waals surface area contributed by atoms with Crippen molar-refractivity contribution in [2.24, 2.45) is 11.7 Å². The van der Waals surface area contributed by atoms with Gasteiger partial charge >= 0.3 is 0 Å². The van der Waals surface area contributed by atoms with Crippen molar-refractivity contribution < 1.29 is 0 Å². The third kappa shape index (κ3) is 2.65. The summed E-state index contributed by atoms with van der Waals surface area (Å²) >= 11 is 0. The Labute approximate surface area is 109 Å². The van der Waals surface area contributed by atoms with Crippen LogP contribution in [-0.2, 0) is 6.54 Å². The monoisotopic (exact) mass is 246 g/mol. The van der Waals surface area contributed by atoms with Gasteiger partial charge in [0.25, 0.3) is 0 Å². The first kappa shape index (κ1) is 11.9. The van der Waals surface area contributed by atoms with Crippen molar-refractivity contribution in [3.63, 3.8) is 0 Å². The van der Waals surface area contributed by atoms with E-state index in [4.69, 9.17) is 5.73 Å². The molecule has 1 saturated carbocycles. The predicted molar refractivity (Wildman–Crippen MR) is 73.5 cm³/mol. The highest BCUT2D eigenvalue weighted by molar-refractivity contribution is 5.52. The van der Waals surface area contributed by atoms with Crippen molar-refractivity contribution in [3.05, 3.63) is 24.0 Å². The summed E-state index contributed by atoms with van der Waals surface area (Å²) in [4.78, 5) is 9.22. The van der Waals surface area contributed by atoms with Crippen LogP contribution in [0.25, 0.3) is 0 Å². The Morgan fingerprint density at radius 2 is 2.00 bits per heavy atom. The molecule has 4 heteroatoms. The highest BCUT2D eigenvalue weighted by Gasteiger charge is 2.26. The fourth-order valence-electron chi connectivity index (χ4n) is 2.72. The van der Waals surface area contributed by atoms with Crippen LogP contribution < -0.4 is 10.6 Å². The lowest BCUT2D eigenvalue weighted by Crippen LogP contribution is -2.47. The quantitative estimate of drug-likeness (QED) is 0.863. The van der Waals surface area contributed by atoms with Crippen molar-refractivity contribution in [1.82, 2.24) is 9.88 Å². The van der Waals surface area contributed by atoms with E-state index in [0.29, 0.717) is 6.54 Å². The Balaban J connectivity index is 1.60. The second-order valence-electron chi connectivity index (χ2n) is 5.44. The Hall–Kier alpha value is -1.13. The Morgan fingerprint density at radius 3 is 2.67 bits per heavy atom. The van der Waals surface area contributed by atoms with Gasteiger partial charge in [-0.3, -0.25) is 9.88 Å². The van der Waals surface area contributed by atoms with E-state index in [2.05, 4.69) is 20.9 Å². The molecule has 2 aliphatic rings. The van der Waals surface area contributed by atoms with Crippen LogP contribution in [0.1, 0.15) is 18.4 Å². The molecule has 2 fully saturated rings. The maximum absolute atomic E-state index is 5.78. The van der Waals surface area contributed by atoms with Gasteiger partial charge in [0.2, 0.25) is 0 Å². The normalized spacial score (nSPS) is 21.3. The summed E-state index contributed by atoms with van der Waals surface area (Å²) in [5.41, 5.74) is 8.22. The first-order valence-electron chi connectivity index (χ1n) is 6.97. The third-order valence-electron chi connectivity index (χ3n) is 4.02. The zero-order valence-corrected chi connectivity index (χ0v) is 10.9. The van der Waals surface area contributed by atoms with Crippen LogP contribution >= 0.6 is 0 Å². The summed E-state index contributed by atoms with van der Waals surface area (Å²) in [6, 6.07) is 2.10. The fourth-order valence-corrected chi connectivity index (χ4v) is 2.72. The molecule has 1 aromatic rings. The molecule has 1 aromatic heterocycles. The molecule has 0 atom stereocenters. The molecule has 0 bridgehead atoms. The SMILES string of the molecule is NCc1cnccc1N1CCN(CC2CC2)CC1. The van der Waals surface area contributed by atoms with Gasteiger partial charge < -0.3 is 10.6 Å². The van der Waals surface area contributed by atoms with Gasteiger partial charge in [-0.2, -0.15) is 0 Å². The molecule has 2 heterocycles. The van der Waals surface area contributed by atoms with Crippen molar-refractivity contribution >= 4 is 5.69 Å². The zero-order chi connectivity index (χ0) is 12.4. The van der Waals surface area contributed by atoms with Crippen LogP contribution in [0.5, 0.6) is 0 Å². The predicted octanol–water partition coefficient (Wildman–Crippen LogP) is 1.07. The second kappa shape index (κ2) is 5.24. The molecule has 4 nitrogen and oxygen atoms in total. The van der Waals surface area contributed by atoms with E-state index in [1.807, 2.05) is 12.4 Å². The molecule has 18 heavy (non-hydrogen) atoms. The number of nitrogens with zero attached hydrogens (tertiary/aromatic N) is 3. The summed E-state index contributed by atoms with van der Waals surface area (Å²) in [6.45, 7) is 6.48. The van der Waals surface area contributed by atoms with Crippen molar-refractivity contribution in [1.29, 1.82) is 0 Å². The van der Waals surface area contributed by atoms with Crippen LogP contribution in [0.4, 0.5) is 5.69 Å². The van der Waals surface area contributed by atoms with E-state index < -0.39 is 0 Å². The minimum atomic E-state index is 0.575. The number of aromatic nitrogens is 1. The summed E-state index contributed by atoms with van der Waals surface area (Å²) in [5, 5.41) is 0. The molecule has 3 rings (SSSR count). The average Bonchev–Trinajstić information content (AvgIpc) is 3.24. The standard InChI is InChI=1S/C14H22N4/c15-9-13-10-16-4-3-14(13)18-7-5-17(6-8-18)11-12-1-2-12/h3-4,10,12H,1-2,5-9,11,15H2. The highest BCUT2D eigenvalue weighted by atomic mass is 15.3.